The van der Waals surface area contributed by atoms with E-state index in [1.54, 1.807) is 0 Å². The molecule has 13 heavy (non-hydrogen) atoms. The maximum atomic E-state index is 10.9. The molecular formula is C5H11NNiO2S4. The molecule has 0 aromatic rings. The predicted octanol–water partition coefficient (Wildman–Crippen LogP) is 1.08. The third-order valence-electron chi connectivity index (χ3n) is 0.857. The number of amides is 1. The van der Waals surface area contributed by atoms with Gasteiger partial charge in [0.05, 0.1) is 5.37 Å². The van der Waals surface area contributed by atoms with E-state index in [-0.39, 0.29) is 21.9 Å². The average molecular weight is 304 g/mol. The van der Waals surface area contributed by atoms with Gasteiger partial charge < -0.3 is 10.1 Å². The van der Waals surface area contributed by atoms with Crippen molar-refractivity contribution >= 4 is 56.6 Å². The number of nitrogens with one attached hydrogen (secondary N) is 1. The monoisotopic (exact) mass is 303 g/mol. The van der Waals surface area contributed by atoms with Gasteiger partial charge in [-0.05, 0) is 0 Å². The summed E-state index contributed by atoms with van der Waals surface area (Å²) in [6, 6.07) is 0. The molecule has 2 unspecified atom stereocenters. The quantitative estimate of drug-likeness (QED) is 0.306. The molecule has 2 atom stereocenters. The topological polar surface area (TPSA) is 38.3 Å². The molecule has 1 N–H and O–H groups in total. The van der Waals surface area contributed by atoms with Crippen LogP contribution in [-0.2, 0) is 21.2 Å². The molecule has 0 aromatic carbocycles. The molecule has 0 radical (unpaired) electrons. The number of ether oxygens (including phenoxy) is 1. The molecule has 82 valence electrons. The van der Waals surface area contributed by atoms with Crippen LogP contribution in [0.5, 0.6) is 0 Å². The van der Waals surface area contributed by atoms with E-state index in [0.717, 1.165) is 0 Å². The van der Waals surface area contributed by atoms with Crippen LogP contribution in [-0.4, -0.2) is 28.4 Å². The number of thiol groups is 4. The first-order valence-electron chi connectivity index (χ1n) is 3.15. The molecule has 8 heteroatoms. The fourth-order valence-electron chi connectivity index (χ4n) is 0.377. The second kappa shape index (κ2) is 9.71. The molecule has 0 spiro atoms. The molecule has 0 heterocycles. The molecule has 0 rings (SSSR count). The van der Waals surface area contributed by atoms with E-state index < -0.39 is 11.5 Å². The maximum absolute atomic E-state index is 10.9. The van der Waals surface area contributed by atoms with Gasteiger partial charge in [-0.25, -0.2) is 4.79 Å². The Balaban J connectivity index is 0. The van der Waals surface area contributed by atoms with E-state index in [0.29, 0.717) is 11.5 Å². The smallest absolute Gasteiger partial charge is 0.409 e. The molecule has 0 aliphatic heterocycles. The maximum Gasteiger partial charge on any atom is 0.409 e. The van der Waals surface area contributed by atoms with Crippen molar-refractivity contribution in [1.29, 1.82) is 0 Å². The van der Waals surface area contributed by atoms with E-state index in [1.807, 2.05) is 0 Å². The van der Waals surface area contributed by atoms with Crippen LogP contribution in [0.3, 0.4) is 0 Å². The molecule has 0 fully saturated rings. The van der Waals surface area contributed by atoms with Crippen LogP contribution in [0.2, 0.25) is 0 Å². The molecule has 3 nitrogen and oxygen atoms in total. The van der Waals surface area contributed by atoms with Gasteiger partial charge in [-0.2, -0.15) is 37.9 Å². The Morgan fingerprint density at radius 2 is 1.85 bits per heavy atom. The third kappa shape index (κ3) is 9.47. The molecule has 1 amide bonds. The van der Waals surface area contributed by atoms with Crippen molar-refractivity contribution in [1.82, 2.24) is 5.32 Å². The van der Waals surface area contributed by atoms with Crippen LogP contribution >= 0.6 is 50.5 Å². The van der Waals surface area contributed by atoms with Crippen molar-refractivity contribution in [2.45, 2.75) is 10.8 Å². The minimum absolute atomic E-state index is 0. The Kier molecular flexibility index (Phi) is 12.4. The zero-order valence-corrected chi connectivity index (χ0v) is 11.1. The van der Waals surface area contributed by atoms with Gasteiger partial charge in [0.15, 0.2) is 5.44 Å². The van der Waals surface area contributed by atoms with Gasteiger partial charge >= 0.3 is 6.09 Å². The average Bonchev–Trinajstić information content (AvgIpc) is 2.03. The van der Waals surface area contributed by atoms with Gasteiger partial charge in [0, 0.05) is 28.0 Å². The van der Waals surface area contributed by atoms with Crippen LogP contribution in [0.4, 0.5) is 4.79 Å². The van der Waals surface area contributed by atoms with Crippen LogP contribution in [0.15, 0.2) is 0 Å². The largest absolute Gasteiger partial charge is 0.435 e. The number of carbonyl (C=O) groups excluding carboxylic acids is 1. The fourth-order valence-corrected chi connectivity index (χ4v) is 0.743. The van der Waals surface area contributed by atoms with Gasteiger partial charge in [0.1, 0.15) is 0 Å². The Bertz CT molecular complexity index is 136. The first kappa shape index (κ1) is 16.6. The minimum Gasteiger partial charge on any atom is -0.435 e. The molecule has 0 saturated heterocycles. The van der Waals surface area contributed by atoms with Crippen molar-refractivity contribution < 1.29 is 26.0 Å². The van der Waals surface area contributed by atoms with E-state index in [1.165, 1.54) is 0 Å². The summed E-state index contributed by atoms with van der Waals surface area (Å²) >= 11 is 15.7. The van der Waals surface area contributed by atoms with E-state index in [2.05, 4.69) is 55.8 Å². The summed E-state index contributed by atoms with van der Waals surface area (Å²) < 4.78 is 4.73. The minimum atomic E-state index is -0.557. The second-order valence-electron chi connectivity index (χ2n) is 1.89. The van der Waals surface area contributed by atoms with Crippen LogP contribution in [0.1, 0.15) is 0 Å². The van der Waals surface area contributed by atoms with Gasteiger partial charge in [0.25, 0.3) is 0 Å². The normalized spacial score (nSPS) is 13.8. The van der Waals surface area contributed by atoms with Crippen molar-refractivity contribution in [2.24, 2.45) is 0 Å². The molecule has 0 saturated carbocycles. The predicted molar refractivity (Wildman–Crippen MR) is 62.9 cm³/mol. The molecule has 0 aliphatic rings. The summed E-state index contributed by atoms with van der Waals surface area (Å²) in [6.07, 6.45) is -0.557. The van der Waals surface area contributed by atoms with Gasteiger partial charge in [-0.15, -0.1) is 12.6 Å². The van der Waals surface area contributed by atoms with Crippen LogP contribution < -0.4 is 5.32 Å². The zero-order valence-electron chi connectivity index (χ0n) is 6.49. The summed E-state index contributed by atoms with van der Waals surface area (Å²) in [6.45, 7) is 0. The van der Waals surface area contributed by atoms with Crippen molar-refractivity contribution in [3.63, 3.8) is 0 Å². The Morgan fingerprint density at radius 3 is 2.23 bits per heavy atom. The summed E-state index contributed by atoms with van der Waals surface area (Å²) in [5, 5.41) is 2.13. The van der Waals surface area contributed by atoms with Crippen molar-refractivity contribution in [3.05, 3.63) is 0 Å². The Hall–Kier alpha value is 1.16. The molecule has 0 aromatic heterocycles. The third-order valence-corrected chi connectivity index (χ3v) is 2.73. The second-order valence-corrected chi connectivity index (χ2v) is 3.81. The number of rotatable bonds is 4. The Labute approximate surface area is 110 Å². The number of alkyl carbamates (subject to hydrolysis) is 1. The van der Waals surface area contributed by atoms with E-state index in [9.17, 15) is 4.79 Å². The fraction of sp³-hybridized carbons (Fsp3) is 0.800. The molecule has 0 aliphatic carbocycles. The van der Waals surface area contributed by atoms with Crippen LogP contribution in [0.25, 0.3) is 0 Å². The summed E-state index contributed by atoms with van der Waals surface area (Å²) in [4.78, 5) is 10.9. The summed E-state index contributed by atoms with van der Waals surface area (Å²) in [5.74, 6) is 0.810. The van der Waals surface area contributed by atoms with E-state index in [4.69, 9.17) is 4.74 Å². The van der Waals surface area contributed by atoms with Gasteiger partial charge in [-0.1, -0.05) is 0 Å². The van der Waals surface area contributed by atoms with E-state index >= 15 is 0 Å². The van der Waals surface area contributed by atoms with Gasteiger partial charge in [0.2, 0.25) is 0 Å². The molecule has 0 bridgehead atoms. The standard InChI is InChI=1S/C5H11NO2S4.Ni/c7-5(6-3(11)1-9)8-4(12)2-10;/h3-4,9-12H,1-2H2,(H,6,7);. The SMILES string of the molecule is O=C(NC(S)CS)OC(S)CS.[Ni]. The summed E-state index contributed by atoms with van der Waals surface area (Å²) in [5.41, 5.74) is -0.492. The number of hydrogen-bond acceptors (Lipinski definition) is 6. The van der Waals surface area contributed by atoms with Crippen molar-refractivity contribution in [2.75, 3.05) is 11.5 Å². The zero-order chi connectivity index (χ0) is 9.56. The van der Waals surface area contributed by atoms with Crippen molar-refractivity contribution in [3.8, 4) is 0 Å². The number of hydrogen-bond donors (Lipinski definition) is 5. The Morgan fingerprint density at radius 1 is 1.31 bits per heavy atom. The van der Waals surface area contributed by atoms with Crippen LogP contribution in [0, 0.1) is 0 Å². The summed E-state index contributed by atoms with van der Waals surface area (Å²) in [7, 11) is 0. The number of carbonyl (C=O) groups is 1. The first-order valence-corrected chi connectivity index (χ1v) is 5.45. The first-order chi connectivity index (χ1) is 5.60. The molecular weight excluding hydrogens is 293 g/mol. The van der Waals surface area contributed by atoms with Gasteiger partial charge in [-0.3, -0.25) is 0 Å².